The summed E-state index contributed by atoms with van der Waals surface area (Å²) in [7, 11) is 1.87. The van der Waals surface area contributed by atoms with Crippen LogP contribution in [0.5, 0.6) is 0 Å². The molecule has 0 spiro atoms. The summed E-state index contributed by atoms with van der Waals surface area (Å²) in [5.74, 6) is 0. The predicted molar refractivity (Wildman–Crippen MR) is 71.4 cm³/mol. The van der Waals surface area contributed by atoms with Gasteiger partial charge >= 0.3 is 6.09 Å². The molecule has 5 heteroatoms. The van der Waals surface area contributed by atoms with Crippen LogP contribution in [-0.4, -0.2) is 15.9 Å². The summed E-state index contributed by atoms with van der Waals surface area (Å²) < 4.78 is 6.89. The highest BCUT2D eigenvalue weighted by Crippen LogP contribution is 2.05. The van der Waals surface area contributed by atoms with Gasteiger partial charge in [-0.05, 0) is 12.5 Å². The Balaban J connectivity index is 1.78. The summed E-state index contributed by atoms with van der Waals surface area (Å²) in [5.41, 5.74) is 2.98. The van der Waals surface area contributed by atoms with Gasteiger partial charge in [0.1, 0.15) is 6.61 Å². The average Bonchev–Trinajstić information content (AvgIpc) is 2.75. The van der Waals surface area contributed by atoms with Gasteiger partial charge < -0.3 is 10.1 Å². The lowest BCUT2D eigenvalue weighted by Gasteiger charge is -2.06. The Bertz CT molecular complexity index is 549. The van der Waals surface area contributed by atoms with Gasteiger partial charge in [-0.25, -0.2) is 4.79 Å². The molecule has 5 nitrogen and oxygen atoms in total. The van der Waals surface area contributed by atoms with Gasteiger partial charge in [0.05, 0.1) is 6.20 Å². The van der Waals surface area contributed by atoms with E-state index in [-0.39, 0.29) is 6.61 Å². The number of benzene rings is 1. The smallest absolute Gasteiger partial charge is 0.407 e. The Kier molecular flexibility index (Phi) is 4.18. The first-order valence-corrected chi connectivity index (χ1v) is 6.09. The summed E-state index contributed by atoms with van der Waals surface area (Å²) >= 11 is 0. The van der Waals surface area contributed by atoms with Crippen LogP contribution in [0.15, 0.2) is 36.5 Å². The van der Waals surface area contributed by atoms with Crippen molar-refractivity contribution in [1.82, 2.24) is 15.1 Å². The van der Waals surface area contributed by atoms with Crippen LogP contribution in [0.1, 0.15) is 16.8 Å². The van der Waals surface area contributed by atoms with Crippen LogP contribution in [0, 0.1) is 6.92 Å². The van der Waals surface area contributed by atoms with Crippen molar-refractivity contribution in [1.29, 1.82) is 0 Å². The molecule has 1 aromatic heterocycles. The fraction of sp³-hybridized carbons (Fsp3) is 0.286. The normalized spacial score (nSPS) is 10.2. The number of aryl methyl sites for hydroxylation is 1. The molecule has 19 heavy (non-hydrogen) atoms. The second-order valence-corrected chi connectivity index (χ2v) is 4.29. The minimum Gasteiger partial charge on any atom is -0.445 e. The topological polar surface area (TPSA) is 56.1 Å². The van der Waals surface area contributed by atoms with Gasteiger partial charge in [-0.15, -0.1) is 0 Å². The number of nitrogens with zero attached hydrogens (tertiary/aromatic N) is 2. The van der Waals surface area contributed by atoms with Crippen molar-refractivity contribution in [2.24, 2.45) is 7.05 Å². The van der Waals surface area contributed by atoms with Crippen molar-refractivity contribution in [3.05, 3.63) is 53.3 Å². The largest absolute Gasteiger partial charge is 0.445 e. The Morgan fingerprint density at radius 3 is 2.74 bits per heavy atom. The molecule has 0 fully saturated rings. The minimum atomic E-state index is -0.424. The van der Waals surface area contributed by atoms with E-state index in [9.17, 15) is 4.79 Å². The van der Waals surface area contributed by atoms with Crippen LogP contribution in [0.4, 0.5) is 4.79 Å². The first-order chi connectivity index (χ1) is 9.16. The van der Waals surface area contributed by atoms with Gasteiger partial charge in [-0.3, -0.25) is 4.68 Å². The van der Waals surface area contributed by atoms with Crippen LogP contribution in [-0.2, 0) is 24.9 Å². The molecule has 0 aliphatic rings. The molecule has 1 amide bonds. The molecule has 0 radical (unpaired) electrons. The van der Waals surface area contributed by atoms with E-state index in [4.69, 9.17) is 4.74 Å². The van der Waals surface area contributed by atoms with E-state index in [0.717, 1.165) is 16.8 Å². The highest BCUT2D eigenvalue weighted by molar-refractivity contribution is 5.67. The molecular formula is C14H17N3O2. The van der Waals surface area contributed by atoms with Crippen LogP contribution < -0.4 is 5.32 Å². The molecule has 0 bridgehead atoms. The Morgan fingerprint density at radius 1 is 1.37 bits per heavy atom. The van der Waals surface area contributed by atoms with Gasteiger partial charge in [-0.2, -0.15) is 5.10 Å². The van der Waals surface area contributed by atoms with E-state index in [1.165, 1.54) is 0 Å². The number of rotatable bonds is 4. The first kappa shape index (κ1) is 13.1. The molecule has 100 valence electrons. The second-order valence-electron chi connectivity index (χ2n) is 4.29. The molecule has 1 N–H and O–H groups in total. The second kappa shape index (κ2) is 6.04. The van der Waals surface area contributed by atoms with Crippen molar-refractivity contribution < 1.29 is 9.53 Å². The van der Waals surface area contributed by atoms with Gasteiger partial charge in [0.2, 0.25) is 0 Å². The summed E-state index contributed by atoms with van der Waals surface area (Å²) in [6, 6.07) is 9.58. The number of carbonyl (C=O) groups is 1. The molecule has 0 aliphatic heterocycles. The Labute approximate surface area is 112 Å². The third-order valence-electron chi connectivity index (χ3n) is 2.97. The molecular weight excluding hydrogens is 242 g/mol. The fourth-order valence-electron chi connectivity index (χ4n) is 1.66. The fourth-order valence-corrected chi connectivity index (χ4v) is 1.66. The summed E-state index contributed by atoms with van der Waals surface area (Å²) in [6.07, 6.45) is 1.32. The van der Waals surface area contributed by atoms with Crippen LogP contribution >= 0.6 is 0 Å². The number of carbonyl (C=O) groups excluding carboxylic acids is 1. The molecule has 2 rings (SSSR count). The molecule has 1 aromatic carbocycles. The van der Waals surface area contributed by atoms with E-state index in [2.05, 4.69) is 10.4 Å². The van der Waals surface area contributed by atoms with Crippen molar-refractivity contribution in [2.75, 3.05) is 0 Å². The molecule has 0 atom stereocenters. The number of nitrogens with one attached hydrogen (secondary N) is 1. The number of aromatic nitrogens is 2. The van der Waals surface area contributed by atoms with Crippen molar-refractivity contribution >= 4 is 6.09 Å². The predicted octanol–water partition coefficient (Wildman–Crippen LogP) is 2.15. The van der Waals surface area contributed by atoms with E-state index in [0.29, 0.717) is 6.54 Å². The lowest BCUT2D eigenvalue weighted by atomic mass is 10.2. The molecule has 0 saturated heterocycles. The highest BCUT2D eigenvalue weighted by Gasteiger charge is 2.06. The maximum absolute atomic E-state index is 11.5. The Morgan fingerprint density at radius 2 is 2.11 bits per heavy atom. The van der Waals surface area contributed by atoms with Crippen molar-refractivity contribution in [3.63, 3.8) is 0 Å². The van der Waals surface area contributed by atoms with Gasteiger partial charge in [-0.1, -0.05) is 30.3 Å². The number of ether oxygens (including phenoxy) is 1. The Hall–Kier alpha value is -2.30. The van der Waals surface area contributed by atoms with Gasteiger partial charge in [0, 0.05) is 24.8 Å². The maximum Gasteiger partial charge on any atom is 0.407 e. The number of hydrogen-bond donors (Lipinski definition) is 1. The van der Waals surface area contributed by atoms with E-state index < -0.39 is 6.09 Å². The van der Waals surface area contributed by atoms with E-state index in [1.54, 1.807) is 10.9 Å². The van der Waals surface area contributed by atoms with Crippen LogP contribution in [0.3, 0.4) is 0 Å². The highest BCUT2D eigenvalue weighted by atomic mass is 16.5. The van der Waals surface area contributed by atoms with Crippen molar-refractivity contribution in [2.45, 2.75) is 20.1 Å². The maximum atomic E-state index is 11.5. The number of alkyl carbamates (subject to hydrolysis) is 1. The molecule has 0 saturated carbocycles. The third-order valence-corrected chi connectivity index (χ3v) is 2.97. The van der Waals surface area contributed by atoms with Gasteiger partial charge in [0.25, 0.3) is 0 Å². The monoisotopic (exact) mass is 259 g/mol. The number of amides is 1. The first-order valence-electron chi connectivity index (χ1n) is 6.09. The van der Waals surface area contributed by atoms with E-state index in [1.807, 2.05) is 44.3 Å². The molecule has 2 aromatic rings. The molecule has 0 unspecified atom stereocenters. The average molecular weight is 259 g/mol. The van der Waals surface area contributed by atoms with E-state index >= 15 is 0 Å². The van der Waals surface area contributed by atoms with Crippen LogP contribution in [0.2, 0.25) is 0 Å². The summed E-state index contributed by atoms with van der Waals surface area (Å²) in [4.78, 5) is 11.5. The molecule has 0 aliphatic carbocycles. The SMILES string of the molecule is Cc1c(CNC(=O)OCc2ccccc2)cnn1C. The summed E-state index contributed by atoms with van der Waals surface area (Å²) in [6.45, 7) is 2.66. The lowest BCUT2D eigenvalue weighted by molar-refractivity contribution is 0.139. The summed E-state index contributed by atoms with van der Waals surface area (Å²) in [5, 5.41) is 6.82. The lowest BCUT2D eigenvalue weighted by Crippen LogP contribution is -2.23. The molecule has 1 heterocycles. The zero-order chi connectivity index (χ0) is 13.7. The van der Waals surface area contributed by atoms with Crippen molar-refractivity contribution in [3.8, 4) is 0 Å². The zero-order valence-corrected chi connectivity index (χ0v) is 11.1. The standard InChI is InChI=1S/C14H17N3O2/c1-11-13(9-16-17(11)2)8-15-14(18)19-10-12-6-4-3-5-7-12/h3-7,9H,8,10H2,1-2H3,(H,15,18). The van der Waals surface area contributed by atoms with Gasteiger partial charge in [0.15, 0.2) is 0 Å². The van der Waals surface area contributed by atoms with Crippen LogP contribution in [0.25, 0.3) is 0 Å². The quantitative estimate of drug-likeness (QED) is 0.915. The number of hydrogen-bond acceptors (Lipinski definition) is 3. The minimum absolute atomic E-state index is 0.276. The zero-order valence-electron chi connectivity index (χ0n) is 11.1. The third kappa shape index (κ3) is 3.58.